The molecule has 1 aromatic carbocycles. The number of aryl methyl sites for hydroxylation is 1. The van der Waals surface area contributed by atoms with Crippen molar-refractivity contribution in [2.45, 2.75) is 44.6 Å². The molecular weight excluding hydrogens is 236 g/mol. The summed E-state index contributed by atoms with van der Waals surface area (Å²) in [4.78, 5) is 12.1. The Labute approximate surface area is 115 Å². The number of Topliss-reactive ketones (excluding diaryl/α,β-unsaturated/α-hetero) is 1. The van der Waals surface area contributed by atoms with Crippen molar-refractivity contribution in [3.63, 3.8) is 0 Å². The molecule has 1 aliphatic carbocycles. The monoisotopic (exact) mass is 256 g/mol. The molecule has 0 atom stereocenters. The van der Waals surface area contributed by atoms with Crippen LogP contribution in [0.5, 0.6) is 0 Å². The molecule has 0 aliphatic heterocycles. The van der Waals surface area contributed by atoms with Crippen LogP contribution in [-0.4, -0.2) is 18.5 Å². The lowest BCUT2D eigenvalue weighted by molar-refractivity contribution is 0.0104. The fraction of sp³-hybridized carbons (Fsp3) is 0.471. The van der Waals surface area contributed by atoms with E-state index in [0.29, 0.717) is 5.56 Å². The van der Waals surface area contributed by atoms with E-state index in [2.05, 4.69) is 11.8 Å². The standard InChI is InChI=1S/C17H20O2/c1-14-7-6-8-15(13-14)16(18)9-12-17(19-2)10-4-3-5-11-17/h6-8,13H,3-5,10-11H2,1-2H3. The van der Waals surface area contributed by atoms with E-state index in [1.54, 1.807) is 7.11 Å². The fourth-order valence-corrected chi connectivity index (χ4v) is 2.53. The van der Waals surface area contributed by atoms with Crippen molar-refractivity contribution in [3.05, 3.63) is 35.4 Å². The molecule has 1 aromatic rings. The summed E-state index contributed by atoms with van der Waals surface area (Å²) in [7, 11) is 1.69. The fourth-order valence-electron chi connectivity index (χ4n) is 2.53. The molecule has 0 bridgehead atoms. The van der Waals surface area contributed by atoms with Crippen molar-refractivity contribution in [1.29, 1.82) is 0 Å². The zero-order valence-corrected chi connectivity index (χ0v) is 11.7. The van der Waals surface area contributed by atoms with Gasteiger partial charge >= 0.3 is 0 Å². The summed E-state index contributed by atoms with van der Waals surface area (Å²) in [5, 5.41) is 0. The Morgan fingerprint density at radius 1 is 1.26 bits per heavy atom. The molecule has 0 aromatic heterocycles. The number of ether oxygens (including phenoxy) is 1. The number of carbonyl (C=O) groups is 1. The third-order valence-electron chi connectivity index (χ3n) is 3.74. The molecule has 0 spiro atoms. The average molecular weight is 256 g/mol. The topological polar surface area (TPSA) is 26.3 Å². The van der Waals surface area contributed by atoms with Gasteiger partial charge in [0.25, 0.3) is 0 Å². The molecule has 0 radical (unpaired) electrons. The molecule has 1 saturated carbocycles. The molecule has 0 amide bonds. The van der Waals surface area contributed by atoms with E-state index >= 15 is 0 Å². The van der Waals surface area contributed by atoms with Crippen LogP contribution >= 0.6 is 0 Å². The lowest BCUT2D eigenvalue weighted by Crippen LogP contribution is -2.32. The maximum absolute atomic E-state index is 12.1. The van der Waals surface area contributed by atoms with E-state index in [-0.39, 0.29) is 5.78 Å². The summed E-state index contributed by atoms with van der Waals surface area (Å²) >= 11 is 0. The van der Waals surface area contributed by atoms with Gasteiger partial charge in [0.2, 0.25) is 5.78 Å². The molecule has 19 heavy (non-hydrogen) atoms. The minimum atomic E-state index is -0.405. The first kappa shape index (κ1) is 13.8. The molecule has 2 rings (SSSR count). The number of hydrogen-bond donors (Lipinski definition) is 0. The van der Waals surface area contributed by atoms with Crippen molar-refractivity contribution in [2.24, 2.45) is 0 Å². The van der Waals surface area contributed by atoms with Crippen molar-refractivity contribution in [2.75, 3.05) is 7.11 Å². The zero-order valence-electron chi connectivity index (χ0n) is 11.7. The summed E-state index contributed by atoms with van der Waals surface area (Å²) in [6.07, 6.45) is 5.34. The lowest BCUT2D eigenvalue weighted by atomic mass is 9.85. The van der Waals surface area contributed by atoms with Crippen LogP contribution in [-0.2, 0) is 4.74 Å². The molecule has 0 unspecified atom stereocenters. The quantitative estimate of drug-likeness (QED) is 0.459. The van der Waals surface area contributed by atoms with Crippen LogP contribution in [0, 0.1) is 18.8 Å². The number of benzene rings is 1. The highest BCUT2D eigenvalue weighted by Crippen LogP contribution is 2.30. The van der Waals surface area contributed by atoms with Crippen LogP contribution in [0.25, 0.3) is 0 Å². The highest BCUT2D eigenvalue weighted by molar-refractivity contribution is 6.09. The van der Waals surface area contributed by atoms with E-state index in [9.17, 15) is 4.79 Å². The van der Waals surface area contributed by atoms with Gasteiger partial charge in [-0.3, -0.25) is 4.79 Å². The van der Waals surface area contributed by atoms with Crippen molar-refractivity contribution >= 4 is 5.78 Å². The van der Waals surface area contributed by atoms with Crippen LogP contribution < -0.4 is 0 Å². The Bertz CT molecular complexity index is 514. The molecule has 100 valence electrons. The summed E-state index contributed by atoms with van der Waals surface area (Å²) in [6, 6.07) is 7.54. The Morgan fingerprint density at radius 3 is 2.63 bits per heavy atom. The molecule has 1 aliphatic rings. The molecule has 0 heterocycles. The molecule has 0 saturated heterocycles. The van der Waals surface area contributed by atoms with Gasteiger partial charge in [0.1, 0.15) is 5.60 Å². The first-order chi connectivity index (χ1) is 9.15. The van der Waals surface area contributed by atoms with E-state index in [1.807, 2.05) is 31.2 Å². The second-order valence-corrected chi connectivity index (χ2v) is 5.21. The largest absolute Gasteiger partial charge is 0.366 e. The Balaban J connectivity index is 2.16. The SMILES string of the molecule is COC1(C#CC(=O)c2cccc(C)c2)CCCCC1. The second kappa shape index (κ2) is 6.04. The van der Waals surface area contributed by atoms with Crippen molar-refractivity contribution in [3.8, 4) is 11.8 Å². The maximum atomic E-state index is 12.1. The van der Waals surface area contributed by atoms with Crippen LogP contribution in [0.4, 0.5) is 0 Å². The predicted molar refractivity (Wildman–Crippen MR) is 76.1 cm³/mol. The summed E-state index contributed by atoms with van der Waals surface area (Å²) in [6.45, 7) is 1.97. The highest BCUT2D eigenvalue weighted by Gasteiger charge is 2.29. The van der Waals surface area contributed by atoms with Crippen LogP contribution in [0.2, 0.25) is 0 Å². The Morgan fingerprint density at radius 2 is 2.00 bits per heavy atom. The smallest absolute Gasteiger partial charge is 0.235 e. The minimum Gasteiger partial charge on any atom is -0.366 e. The number of ketones is 1. The van der Waals surface area contributed by atoms with Gasteiger partial charge in [-0.25, -0.2) is 0 Å². The Kier molecular flexibility index (Phi) is 4.39. The van der Waals surface area contributed by atoms with Crippen LogP contribution in [0.1, 0.15) is 48.0 Å². The molecule has 2 heteroatoms. The maximum Gasteiger partial charge on any atom is 0.235 e. The third-order valence-corrected chi connectivity index (χ3v) is 3.74. The molecule has 2 nitrogen and oxygen atoms in total. The van der Waals surface area contributed by atoms with Crippen LogP contribution in [0.15, 0.2) is 24.3 Å². The van der Waals surface area contributed by atoms with E-state index in [0.717, 1.165) is 31.2 Å². The summed E-state index contributed by atoms with van der Waals surface area (Å²) in [5.74, 6) is 5.73. The number of methoxy groups -OCH3 is 1. The van der Waals surface area contributed by atoms with E-state index in [4.69, 9.17) is 4.74 Å². The van der Waals surface area contributed by atoms with Gasteiger partial charge in [-0.2, -0.15) is 0 Å². The van der Waals surface area contributed by atoms with Gasteiger partial charge in [0, 0.05) is 12.7 Å². The van der Waals surface area contributed by atoms with Gasteiger partial charge < -0.3 is 4.74 Å². The minimum absolute atomic E-state index is 0.120. The lowest BCUT2D eigenvalue weighted by Gasteiger charge is -2.30. The van der Waals surface area contributed by atoms with E-state index in [1.165, 1.54) is 6.42 Å². The molecular formula is C17H20O2. The number of carbonyl (C=O) groups excluding carboxylic acids is 1. The van der Waals surface area contributed by atoms with Gasteiger partial charge in [0.15, 0.2) is 0 Å². The normalized spacial score (nSPS) is 17.4. The number of rotatable bonds is 2. The van der Waals surface area contributed by atoms with Gasteiger partial charge in [-0.1, -0.05) is 36.1 Å². The van der Waals surface area contributed by atoms with Gasteiger partial charge in [-0.05, 0) is 44.6 Å². The van der Waals surface area contributed by atoms with E-state index < -0.39 is 5.60 Å². The second-order valence-electron chi connectivity index (χ2n) is 5.21. The van der Waals surface area contributed by atoms with Gasteiger partial charge in [0.05, 0.1) is 0 Å². The van der Waals surface area contributed by atoms with Crippen molar-refractivity contribution in [1.82, 2.24) is 0 Å². The molecule has 0 N–H and O–H groups in total. The highest BCUT2D eigenvalue weighted by atomic mass is 16.5. The molecule has 1 fully saturated rings. The summed E-state index contributed by atoms with van der Waals surface area (Å²) in [5.41, 5.74) is 1.33. The van der Waals surface area contributed by atoms with Crippen molar-refractivity contribution < 1.29 is 9.53 Å². The van der Waals surface area contributed by atoms with Gasteiger partial charge in [-0.15, -0.1) is 0 Å². The average Bonchev–Trinajstić information content (AvgIpc) is 2.46. The Hall–Kier alpha value is -1.59. The first-order valence-corrected chi connectivity index (χ1v) is 6.84. The first-order valence-electron chi connectivity index (χ1n) is 6.84. The van der Waals surface area contributed by atoms with Crippen LogP contribution in [0.3, 0.4) is 0 Å². The summed E-state index contributed by atoms with van der Waals surface area (Å²) < 4.78 is 5.56. The third kappa shape index (κ3) is 3.45. The predicted octanol–water partition coefficient (Wildman–Crippen LogP) is 3.53. The zero-order chi connectivity index (χ0) is 13.7. The number of hydrogen-bond acceptors (Lipinski definition) is 2.